The number of hydrogen-bond donors (Lipinski definition) is 1. The minimum Gasteiger partial charge on any atom is -0.478 e. The molecule has 1 N–H and O–H groups in total. The minimum absolute atomic E-state index is 0.338. The Morgan fingerprint density at radius 2 is 1.95 bits per heavy atom. The number of carbonyl (C=O) groups is 1. The van der Waals surface area contributed by atoms with Gasteiger partial charge in [-0.15, -0.1) is 18.3 Å². The lowest BCUT2D eigenvalue weighted by atomic mass is 10.2. The van der Waals surface area contributed by atoms with Crippen molar-refractivity contribution in [2.24, 2.45) is 0 Å². The number of nitrogens with zero attached hydrogens (tertiary/aromatic N) is 1. The first-order chi connectivity index (χ1) is 8.64. The highest BCUT2D eigenvalue weighted by Gasteiger charge is 2.42. The molecule has 0 bridgehead atoms. The van der Waals surface area contributed by atoms with Gasteiger partial charge in [0, 0.05) is 4.90 Å². The molecule has 0 aliphatic rings. The molecule has 0 saturated carbocycles. The molecule has 1 rings (SSSR count). The number of alkyl halides is 5. The number of para-hydroxylation sites is 1. The number of halogens is 6. The first kappa shape index (κ1) is 16.2. The Labute approximate surface area is 119 Å². The predicted molar refractivity (Wildman–Crippen MR) is 64.4 cm³/mol. The predicted octanol–water partition coefficient (Wildman–Crippen LogP) is 4.45. The standard InChI is InChI=1S/C9H5Cl2F4NO2S/c10-8(11)19-5-3-1-2-4(7(17)18)6(5)16(15)9(12,13)14/h1-3,8H,(H,17,18). The van der Waals surface area contributed by atoms with Gasteiger partial charge in [-0.3, -0.25) is 0 Å². The summed E-state index contributed by atoms with van der Waals surface area (Å²) in [6.45, 7) is 0. The van der Waals surface area contributed by atoms with Crippen molar-refractivity contribution >= 4 is 46.6 Å². The van der Waals surface area contributed by atoms with Gasteiger partial charge in [-0.2, -0.15) is 0 Å². The molecule has 106 valence electrons. The van der Waals surface area contributed by atoms with Crippen LogP contribution in [-0.2, 0) is 0 Å². The molecule has 19 heavy (non-hydrogen) atoms. The largest absolute Gasteiger partial charge is 0.512 e. The quantitative estimate of drug-likeness (QED) is 0.290. The maximum Gasteiger partial charge on any atom is 0.512 e. The number of hydrogen-bond acceptors (Lipinski definition) is 3. The summed E-state index contributed by atoms with van der Waals surface area (Å²) in [6, 6.07) is 3.09. The number of aromatic carboxylic acids is 1. The molecule has 10 heteroatoms. The third-order valence-electron chi connectivity index (χ3n) is 1.86. The van der Waals surface area contributed by atoms with Gasteiger partial charge in [-0.1, -0.05) is 45.5 Å². The van der Waals surface area contributed by atoms with Crippen molar-refractivity contribution in [1.29, 1.82) is 0 Å². The van der Waals surface area contributed by atoms with Gasteiger partial charge in [-0.05, 0) is 12.1 Å². The molecule has 0 aliphatic carbocycles. The van der Waals surface area contributed by atoms with Crippen LogP contribution in [0.2, 0.25) is 0 Å². The minimum atomic E-state index is -5.38. The van der Waals surface area contributed by atoms with Gasteiger partial charge >= 0.3 is 12.3 Å². The number of benzene rings is 1. The van der Waals surface area contributed by atoms with Crippen molar-refractivity contribution in [2.75, 3.05) is 5.12 Å². The first-order valence-electron chi connectivity index (χ1n) is 4.48. The second-order valence-electron chi connectivity index (χ2n) is 3.08. The molecule has 0 saturated heterocycles. The molecule has 0 amide bonds. The summed E-state index contributed by atoms with van der Waals surface area (Å²) in [5.74, 6) is -1.70. The molecular formula is C9H5Cl2F4NO2S. The summed E-state index contributed by atoms with van der Waals surface area (Å²) in [4.78, 5) is 10.5. The van der Waals surface area contributed by atoms with E-state index >= 15 is 0 Å². The summed E-state index contributed by atoms with van der Waals surface area (Å²) in [5.41, 5.74) is -2.00. The Hall–Kier alpha value is -0.860. The highest BCUT2D eigenvalue weighted by molar-refractivity contribution is 8.02. The van der Waals surface area contributed by atoms with Crippen LogP contribution in [0.4, 0.5) is 23.3 Å². The fourth-order valence-corrected chi connectivity index (χ4v) is 2.44. The van der Waals surface area contributed by atoms with E-state index in [1.54, 1.807) is 0 Å². The highest BCUT2D eigenvalue weighted by atomic mass is 35.5. The van der Waals surface area contributed by atoms with Crippen molar-refractivity contribution in [3.63, 3.8) is 0 Å². The molecule has 0 spiro atoms. The zero-order valence-electron chi connectivity index (χ0n) is 8.79. The summed E-state index contributed by atoms with van der Waals surface area (Å²) >= 11 is 11.3. The van der Waals surface area contributed by atoms with Gasteiger partial charge in [-0.25, -0.2) is 4.79 Å². The van der Waals surface area contributed by atoms with Crippen molar-refractivity contribution in [3.8, 4) is 0 Å². The average Bonchev–Trinajstić information content (AvgIpc) is 2.25. The maximum absolute atomic E-state index is 13.3. The van der Waals surface area contributed by atoms with Gasteiger partial charge < -0.3 is 5.11 Å². The van der Waals surface area contributed by atoms with Crippen LogP contribution in [0, 0.1) is 0 Å². The second kappa shape index (κ2) is 6.06. The van der Waals surface area contributed by atoms with Gasteiger partial charge in [0.1, 0.15) is 5.69 Å². The van der Waals surface area contributed by atoms with E-state index < -0.39 is 32.8 Å². The smallest absolute Gasteiger partial charge is 0.478 e. The van der Waals surface area contributed by atoms with Gasteiger partial charge in [0.2, 0.25) is 0 Å². The van der Waals surface area contributed by atoms with E-state index in [0.717, 1.165) is 18.2 Å². The Morgan fingerprint density at radius 1 is 1.37 bits per heavy atom. The van der Waals surface area contributed by atoms with Crippen LogP contribution in [0.25, 0.3) is 0 Å². The Kier molecular flexibility index (Phi) is 5.17. The Balaban J connectivity index is 3.41. The molecule has 0 fully saturated rings. The number of carboxylic acids is 1. The Bertz CT molecular complexity index is 484. The van der Waals surface area contributed by atoms with E-state index in [1.807, 2.05) is 0 Å². The van der Waals surface area contributed by atoms with Crippen LogP contribution >= 0.6 is 35.0 Å². The lowest BCUT2D eigenvalue weighted by Crippen LogP contribution is -2.32. The average molecular weight is 338 g/mol. The van der Waals surface area contributed by atoms with Crippen molar-refractivity contribution in [1.82, 2.24) is 0 Å². The monoisotopic (exact) mass is 337 g/mol. The van der Waals surface area contributed by atoms with Crippen molar-refractivity contribution < 1.29 is 27.6 Å². The van der Waals surface area contributed by atoms with Gasteiger partial charge in [0.15, 0.2) is 4.17 Å². The summed E-state index contributed by atoms with van der Waals surface area (Å²) in [7, 11) is 0. The van der Waals surface area contributed by atoms with E-state index in [9.17, 15) is 22.4 Å². The summed E-state index contributed by atoms with van der Waals surface area (Å²) in [6.07, 6.45) is -5.38. The topological polar surface area (TPSA) is 40.5 Å². The first-order valence-corrected chi connectivity index (χ1v) is 6.23. The van der Waals surface area contributed by atoms with E-state index in [0.29, 0.717) is 11.8 Å². The molecule has 1 aromatic carbocycles. The molecule has 0 aromatic heterocycles. The number of anilines is 1. The molecule has 1 aromatic rings. The van der Waals surface area contributed by atoms with E-state index in [4.69, 9.17) is 28.3 Å². The third kappa shape index (κ3) is 4.05. The van der Waals surface area contributed by atoms with E-state index in [2.05, 4.69) is 0 Å². The second-order valence-corrected chi connectivity index (χ2v) is 5.85. The lowest BCUT2D eigenvalue weighted by molar-refractivity contribution is -0.157. The van der Waals surface area contributed by atoms with Crippen LogP contribution in [0.5, 0.6) is 0 Å². The molecule has 3 nitrogen and oxygen atoms in total. The number of carboxylic acid groups (broad SMARTS) is 1. The molecule has 0 unspecified atom stereocenters. The van der Waals surface area contributed by atoms with Gasteiger partial charge in [0.05, 0.1) is 5.56 Å². The normalized spacial score (nSPS) is 11.7. The van der Waals surface area contributed by atoms with Crippen LogP contribution in [0.3, 0.4) is 0 Å². The molecule has 0 heterocycles. The highest BCUT2D eigenvalue weighted by Crippen LogP contribution is 2.41. The van der Waals surface area contributed by atoms with Crippen LogP contribution in [0.1, 0.15) is 10.4 Å². The summed E-state index contributed by atoms with van der Waals surface area (Å²) in [5, 5.41) is 7.23. The van der Waals surface area contributed by atoms with Gasteiger partial charge in [0.25, 0.3) is 0 Å². The number of thioether (sulfide) groups is 1. The zero-order chi connectivity index (χ0) is 14.8. The van der Waals surface area contributed by atoms with Crippen molar-refractivity contribution in [2.45, 2.75) is 15.4 Å². The Morgan fingerprint density at radius 3 is 2.37 bits per heavy atom. The molecule has 0 atom stereocenters. The van der Waals surface area contributed by atoms with Crippen molar-refractivity contribution in [3.05, 3.63) is 23.8 Å². The van der Waals surface area contributed by atoms with Crippen LogP contribution in [-0.4, -0.2) is 21.5 Å². The van der Waals surface area contributed by atoms with Crippen LogP contribution in [0.15, 0.2) is 23.1 Å². The lowest BCUT2D eigenvalue weighted by Gasteiger charge is -2.21. The third-order valence-corrected chi connectivity index (χ3v) is 3.16. The molecular weight excluding hydrogens is 333 g/mol. The van der Waals surface area contributed by atoms with Crippen LogP contribution < -0.4 is 5.12 Å². The van der Waals surface area contributed by atoms with E-state index in [-0.39, 0.29) is 4.90 Å². The zero-order valence-corrected chi connectivity index (χ0v) is 11.1. The SMILES string of the molecule is O=C(O)c1cccc(SC(Cl)Cl)c1N(F)C(F)(F)F. The molecule has 0 aliphatic heterocycles. The van der Waals surface area contributed by atoms with E-state index in [1.165, 1.54) is 0 Å². The number of rotatable bonds is 4. The molecule has 0 radical (unpaired) electrons. The fraction of sp³-hybridized carbons (Fsp3) is 0.222. The maximum atomic E-state index is 13.3. The summed E-state index contributed by atoms with van der Waals surface area (Å²) < 4.78 is 49.3. The fourth-order valence-electron chi connectivity index (χ4n) is 1.22.